The van der Waals surface area contributed by atoms with Gasteiger partial charge in [-0.1, -0.05) is 30.3 Å². The molecule has 3 rings (SSSR count). The number of allylic oxidation sites excluding steroid dienone is 3. The van der Waals surface area contributed by atoms with Crippen molar-refractivity contribution in [3.63, 3.8) is 0 Å². The van der Waals surface area contributed by atoms with Crippen molar-refractivity contribution in [2.45, 2.75) is 33.1 Å². The predicted molar refractivity (Wildman–Crippen MR) is 75.4 cm³/mol. The average Bonchev–Trinajstić information content (AvgIpc) is 3.14. The normalized spacial score (nSPS) is 22.8. The van der Waals surface area contributed by atoms with Gasteiger partial charge in [-0.2, -0.15) is 0 Å². The molecular formula is C17H18O2. The summed E-state index contributed by atoms with van der Waals surface area (Å²) in [5.74, 6) is 1.77. The van der Waals surface area contributed by atoms with Crippen LogP contribution in [0.25, 0.3) is 5.57 Å². The van der Waals surface area contributed by atoms with Crippen molar-refractivity contribution in [3.05, 3.63) is 52.8 Å². The van der Waals surface area contributed by atoms with Crippen LogP contribution in [0.3, 0.4) is 0 Å². The van der Waals surface area contributed by atoms with E-state index in [2.05, 4.69) is 24.3 Å². The standard InChI is InChI=1S/C17H18O2/c1-10(2)17(19-11(3)18)16-9-12-8-15(12)13-6-4-5-7-14(13)16/h4-7,9,12,15H,8H2,1-3H3/t12-,15-/m0/s1. The zero-order valence-electron chi connectivity index (χ0n) is 11.6. The van der Waals surface area contributed by atoms with Crippen LogP contribution >= 0.6 is 0 Å². The van der Waals surface area contributed by atoms with E-state index < -0.39 is 0 Å². The number of ether oxygens (including phenoxy) is 1. The molecule has 0 heterocycles. The van der Waals surface area contributed by atoms with Gasteiger partial charge in [0.25, 0.3) is 0 Å². The molecule has 0 amide bonds. The van der Waals surface area contributed by atoms with E-state index in [1.165, 1.54) is 24.5 Å². The summed E-state index contributed by atoms with van der Waals surface area (Å²) in [7, 11) is 0. The molecule has 0 N–H and O–H groups in total. The van der Waals surface area contributed by atoms with Gasteiger partial charge in [-0.25, -0.2) is 0 Å². The third-order valence-corrected chi connectivity index (χ3v) is 3.82. The SMILES string of the molecule is CC(=O)OC(C1=C[C@@H]2C[C@@H]2c2ccccc21)=C(C)C. The minimum absolute atomic E-state index is 0.257. The first-order chi connectivity index (χ1) is 9.08. The van der Waals surface area contributed by atoms with Gasteiger partial charge in [0.15, 0.2) is 0 Å². The van der Waals surface area contributed by atoms with Crippen LogP contribution in [-0.4, -0.2) is 5.97 Å². The lowest BCUT2D eigenvalue weighted by Gasteiger charge is -2.20. The van der Waals surface area contributed by atoms with Gasteiger partial charge in [-0.15, -0.1) is 0 Å². The molecule has 0 aliphatic heterocycles. The fourth-order valence-electron chi connectivity index (χ4n) is 2.89. The Morgan fingerprint density at radius 2 is 1.95 bits per heavy atom. The van der Waals surface area contributed by atoms with Gasteiger partial charge in [-0.05, 0) is 48.8 Å². The van der Waals surface area contributed by atoms with Crippen molar-refractivity contribution in [3.8, 4) is 0 Å². The topological polar surface area (TPSA) is 26.3 Å². The van der Waals surface area contributed by atoms with Crippen molar-refractivity contribution < 1.29 is 9.53 Å². The van der Waals surface area contributed by atoms with Crippen LogP contribution in [-0.2, 0) is 9.53 Å². The lowest BCUT2D eigenvalue weighted by molar-refractivity contribution is -0.136. The van der Waals surface area contributed by atoms with Crippen LogP contribution in [0.5, 0.6) is 0 Å². The van der Waals surface area contributed by atoms with E-state index in [9.17, 15) is 4.79 Å². The van der Waals surface area contributed by atoms with Gasteiger partial charge >= 0.3 is 5.97 Å². The molecule has 1 fully saturated rings. The summed E-state index contributed by atoms with van der Waals surface area (Å²) in [5, 5.41) is 0. The number of fused-ring (bicyclic) bond motifs is 3. The highest BCUT2D eigenvalue weighted by molar-refractivity contribution is 5.85. The highest BCUT2D eigenvalue weighted by atomic mass is 16.5. The average molecular weight is 254 g/mol. The lowest BCUT2D eigenvalue weighted by Crippen LogP contribution is -2.07. The first-order valence-electron chi connectivity index (χ1n) is 6.75. The van der Waals surface area contributed by atoms with E-state index in [1.54, 1.807) is 0 Å². The Morgan fingerprint density at radius 1 is 1.21 bits per heavy atom. The molecule has 0 aromatic heterocycles. The molecule has 2 heteroatoms. The van der Waals surface area contributed by atoms with Crippen LogP contribution in [0.1, 0.15) is 44.2 Å². The van der Waals surface area contributed by atoms with Crippen molar-refractivity contribution in [1.82, 2.24) is 0 Å². The second kappa shape index (κ2) is 4.37. The maximum atomic E-state index is 11.3. The van der Waals surface area contributed by atoms with E-state index in [1.807, 2.05) is 19.9 Å². The first kappa shape index (κ1) is 12.2. The fourth-order valence-corrected chi connectivity index (χ4v) is 2.89. The van der Waals surface area contributed by atoms with Crippen LogP contribution in [0.4, 0.5) is 0 Å². The molecule has 0 unspecified atom stereocenters. The van der Waals surface area contributed by atoms with E-state index >= 15 is 0 Å². The van der Waals surface area contributed by atoms with Crippen molar-refractivity contribution >= 4 is 11.5 Å². The maximum Gasteiger partial charge on any atom is 0.308 e. The summed E-state index contributed by atoms with van der Waals surface area (Å²) < 4.78 is 5.45. The Balaban J connectivity index is 2.09. The molecule has 98 valence electrons. The molecule has 0 saturated heterocycles. The third kappa shape index (κ3) is 2.12. The number of esters is 1. The fraction of sp³-hybridized carbons (Fsp3) is 0.353. The Morgan fingerprint density at radius 3 is 2.63 bits per heavy atom. The van der Waals surface area contributed by atoms with Gasteiger partial charge in [-0.3, -0.25) is 4.79 Å². The van der Waals surface area contributed by atoms with E-state index in [-0.39, 0.29) is 5.97 Å². The number of hydrogen-bond donors (Lipinski definition) is 0. The summed E-state index contributed by atoms with van der Waals surface area (Å²) in [6, 6.07) is 8.46. The number of carbonyl (C=O) groups excluding carboxylic acids is 1. The van der Waals surface area contributed by atoms with Crippen molar-refractivity contribution in [2.24, 2.45) is 5.92 Å². The van der Waals surface area contributed by atoms with Gasteiger partial charge in [0.1, 0.15) is 5.76 Å². The van der Waals surface area contributed by atoms with Crippen LogP contribution in [0.2, 0.25) is 0 Å². The molecule has 2 atom stereocenters. The molecule has 2 nitrogen and oxygen atoms in total. The largest absolute Gasteiger partial charge is 0.426 e. The maximum absolute atomic E-state index is 11.3. The summed E-state index contributed by atoms with van der Waals surface area (Å²) >= 11 is 0. The quantitative estimate of drug-likeness (QED) is 0.588. The summed E-state index contributed by atoms with van der Waals surface area (Å²) in [5.41, 5.74) is 4.74. The smallest absolute Gasteiger partial charge is 0.308 e. The molecule has 2 aliphatic rings. The van der Waals surface area contributed by atoms with E-state index in [0.717, 1.165) is 16.9 Å². The molecule has 1 aromatic carbocycles. The van der Waals surface area contributed by atoms with Crippen LogP contribution in [0.15, 0.2) is 41.7 Å². The predicted octanol–water partition coefficient (Wildman–Crippen LogP) is 4.04. The molecule has 2 aliphatic carbocycles. The number of benzene rings is 1. The molecule has 0 bridgehead atoms. The van der Waals surface area contributed by atoms with Gasteiger partial charge in [0.2, 0.25) is 0 Å². The van der Waals surface area contributed by atoms with Crippen molar-refractivity contribution in [2.75, 3.05) is 0 Å². The number of rotatable bonds is 2. The third-order valence-electron chi connectivity index (χ3n) is 3.82. The number of hydrogen-bond acceptors (Lipinski definition) is 2. The minimum Gasteiger partial charge on any atom is -0.426 e. The summed E-state index contributed by atoms with van der Waals surface area (Å²) in [6.45, 7) is 5.43. The second-order valence-electron chi connectivity index (χ2n) is 5.60. The van der Waals surface area contributed by atoms with Gasteiger partial charge in [0.05, 0.1) is 0 Å². The van der Waals surface area contributed by atoms with Crippen molar-refractivity contribution in [1.29, 1.82) is 0 Å². The Kier molecular flexibility index (Phi) is 2.81. The second-order valence-corrected chi connectivity index (χ2v) is 5.60. The summed E-state index contributed by atoms with van der Waals surface area (Å²) in [6.07, 6.45) is 3.49. The molecule has 0 radical (unpaired) electrons. The minimum atomic E-state index is -0.257. The highest BCUT2D eigenvalue weighted by Gasteiger charge is 2.42. The Labute approximate surface area is 113 Å². The summed E-state index contributed by atoms with van der Waals surface area (Å²) in [4.78, 5) is 11.3. The van der Waals surface area contributed by atoms with Crippen LogP contribution in [0, 0.1) is 5.92 Å². The number of carbonyl (C=O) groups is 1. The van der Waals surface area contributed by atoms with E-state index in [4.69, 9.17) is 4.74 Å². The zero-order valence-corrected chi connectivity index (χ0v) is 11.6. The molecule has 1 saturated carbocycles. The molecule has 0 spiro atoms. The molecular weight excluding hydrogens is 236 g/mol. The zero-order chi connectivity index (χ0) is 13.6. The van der Waals surface area contributed by atoms with Gasteiger partial charge in [0, 0.05) is 12.5 Å². The van der Waals surface area contributed by atoms with E-state index in [0.29, 0.717) is 11.8 Å². The Hall–Kier alpha value is -1.83. The van der Waals surface area contributed by atoms with Crippen LogP contribution < -0.4 is 0 Å². The van der Waals surface area contributed by atoms with Gasteiger partial charge < -0.3 is 4.74 Å². The Bertz CT molecular complexity index is 603. The molecule has 1 aromatic rings. The highest BCUT2D eigenvalue weighted by Crippen LogP contribution is 2.55. The molecule has 19 heavy (non-hydrogen) atoms. The lowest BCUT2D eigenvalue weighted by atomic mass is 9.89. The monoisotopic (exact) mass is 254 g/mol. The first-order valence-corrected chi connectivity index (χ1v) is 6.75.